The lowest BCUT2D eigenvalue weighted by Crippen LogP contribution is -1.84. The zero-order chi connectivity index (χ0) is 9.64. The molecule has 4 heteroatoms. The Morgan fingerprint density at radius 3 is 1.57 bits per heavy atom. The summed E-state index contributed by atoms with van der Waals surface area (Å²) in [6.07, 6.45) is 9.61. The molecule has 4 nitrogen and oxygen atoms in total. The zero-order valence-corrected chi connectivity index (χ0v) is 7.25. The van der Waals surface area contributed by atoms with Crippen molar-refractivity contribution >= 4 is 0 Å². The van der Waals surface area contributed by atoms with Crippen LogP contribution in [0.4, 0.5) is 0 Å². The number of hydrogen-bond acceptors (Lipinski definition) is 4. The molecule has 0 amide bonds. The molecule has 0 saturated carbocycles. The van der Waals surface area contributed by atoms with Crippen molar-refractivity contribution in [2.75, 3.05) is 0 Å². The molecule has 0 aliphatic rings. The standard InChI is InChI=1S/C10H6N4/c1(9-7-11-3-5-13-9)2-10-8-12-4-6-14-10/h3-8H. The third kappa shape index (κ3) is 2.11. The van der Waals surface area contributed by atoms with Crippen molar-refractivity contribution in [1.82, 2.24) is 19.9 Å². The first-order valence-electron chi connectivity index (χ1n) is 3.99. The van der Waals surface area contributed by atoms with Gasteiger partial charge >= 0.3 is 0 Å². The first-order valence-corrected chi connectivity index (χ1v) is 3.99. The van der Waals surface area contributed by atoms with E-state index in [1.807, 2.05) is 0 Å². The van der Waals surface area contributed by atoms with Crippen molar-refractivity contribution in [3.63, 3.8) is 0 Å². The second-order valence-corrected chi connectivity index (χ2v) is 2.43. The minimum absolute atomic E-state index is 0.623. The highest BCUT2D eigenvalue weighted by Crippen LogP contribution is 1.89. The molecule has 2 heterocycles. The van der Waals surface area contributed by atoms with E-state index in [0.717, 1.165) is 0 Å². The maximum atomic E-state index is 4.01. The van der Waals surface area contributed by atoms with Gasteiger partial charge in [0.2, 0.25) is 0 Å². The molecule has 0 bridgehead atoms. The van der Waals surface area contributed by atoms with Gasteiger partial charge in [0.05, 0.1) is 12.4 Å². The van der Waals surface area contributed by atoms with E-state index < -0.39 is 0 Å². The molecule has 0 unspecified atom stereocenters. The van der Waals surface area contributed by atoms with Crippen LogP contribution in [0.2, 0.25) is 0 Å². The van der Waals surface area contributed by atoms with E-state index in [9.17, 15) is 0 Å². The lowest BCUT2D eigenvalue weighted by molar-refractivity contribution is 1.16. The van der Waals surface area contributed by atoms with Gasteiger partial charge in [0.1, 0.15) is 11.4 Å². The molecular formula is C10H6N4. The van der Waals surface area contributed by atoms with E-state index in [1.165, 1.54) is 0 Å². The Labute approximate surface area is 81.1 Å². The summed E-state index contributed by atoms with van der Waals surface area (Å²) in [5.74, 6) is 5.67. The van der Waals surface area contributed by atoms with Gasteiger partial charge in [-0.25, -0.2) is 9.97 Å². The molecule has 0 aliphatic heterocycles. The SMILES string of the molecule is C(#Cc1cnccn1)c1cnccn1. The van der Waals surface area contributed by atoms with Crippen LogP contribution in [0.5, 0.6) is 0 Å². The first kappa shape index (κ1) is 8.32. The molecule has 2 rings (SSSR count). The van der Waals surface area contributed by atoms with E-state index >= 15 is 0 Å². The van der Waals surface area contributed by atoms with Crippen LogP contribution in [-0.4, -0.2) is 19.9 Å². The number of aromatic nitrogens is 4. The molecule has 0 saturated heterocycles. The molecule has 0 spiro atoms. The molecule has 66 valence electrons. The first-order chi connectivity index (χ1) is 6.95. The Kier molecular flexibility index (Phi) is 2.44. The van der Waals surface area contributed by atoms with Crippen molar-refractivity contribution in [2.45, 2.75) is 0 Å². The smallest absolute Gasteiger partial charge is 0.131 e. The van der Waals surface area contributed by atoms with Crippen molar-refractivity contribution in [2.24, 2.45) is 0 Å². The summed E-state index contributed by atoms with van der Waals surface area (Å²) in [7, 11) is 0. The van der Waals surface area contributed by atoms with E-state index in [2.05, 4.69) is 31.8 Å². The molecule has 0 radical (unpaired) electrons. The highest BCUT2D eigenvalue weighted by molar-refractivity contribution is 5.33. The van der Waals surface area contributed by atoms with E-state index in [4.69, 9.17) is 0 Å². The van der Waals surface area contributed by atoms with Gasteiger partial charge in [0, 0.05) is 24.8 Å². The molecular weight excluding hydrogens is 176 g/mol. The van der Waals surface area contributed by atoms with Crippen molar-refractivity contribution in [3.8, 4) is 11.8 Å². The quantitative estimate of drug-likeness (QED) is 0.562. The molecule has 0 aromatic carbocycles. The molecule has 14 heavy (non-hydrogen) atoms. The zero-order valence-electron chi connectivity index (χ0n) is 7.25. The topological polar surface area (TPSA) is 51.6 Å². The summed E-state index contributed by atoms with van der Waals surface area (Å²) in [6.45, 7) is 0. The molecule has 2 aromatic heterocycles. The minimum atomic E-state index is 0.623. The Bertz CT molecular complexity index is 412. The average molecular weight is 182 g/mol. The highest BCUT2D eigenvalue weighted by atomic mass is 14.8. The fraction of sp³-hybridized carbons (Fsp3) is 0. The van der Waals surface area contributed by atoms with Gasteiger partial charge in [0.25, 0.3) is 0 Å². The van der Waals surface area contributed by atoms with Gasteiger partial charge < -0.3 is 0 Å². The van der Waals surface area contributed by atoms with Crippen LogP contribution in [0.25, 0.3) is 0 Å². The number of rotatable bonds is 0. The maximum absolute atomic E-state index is 4.01. The van der Waals surface area contributed by atoms with E-state index in [0.29, 0.717) is 11.4 Å². The van der Waals surface area contributed by atoms with Gasteiger partial charge in [-0.1, -0.05) is 0 Å². The lowest BCUT2D eigenvalue weighted by atomic mass is 10.4. The van der Waals surface area contributed by atoms with E-state index in [1.54, 1.807) is 37.2 Å². The lowest BCUT2D eigenvalue weighted by Gasteiger charge is -1.86. The molecule has 0 aliphatic carbocycles. The van der Waals surface area contributed by atoms with Gasteiger partial charge in [-0.05, 0) is 11.8 Å². The highest BCUT2D eigenvalue weighted by Gasteiger charge is 1.86. The summed E-state index contributed by atoms with van der Waals surface area (Å²) in [5, 5.41) is 0. The second-order valence-electron chi connectivity index (χ2n) is 2.43. The molecule has 0 atom stereocenters. The van der Waals surface area contributed by atoms with Crippen molar-refractivity contribution in [1.29, 1.82) is 0 Å². The van der Waals surface area contributed by atoms with Crippen LogP contribution in [0.1, 0.15) is 11.4 Å². The van der Waals surface area contributed by atoms with Crippen LogP contribution in [0.15, 0.2) is 37.2 Å². The van der Waals surface area contributed by atoms with E-state index in [-0.39, 0.29) is 0 Å². The van der Waals surface area contributed by atoms with Crippen LogP contribution in [0.3, 0.4) is 0 Å². The summed E-state index contributed by atoms with van der Waals surface area (Å²) in [4.78, 5) is 15.8. The Balaban J connectivity index is 2.24. The van der Waals surface area contributed by atoms with Crippen LogP contribution in [0, 0.1) is 11.8 Å². The minimum Gasteiger partial charge on any atom is -0.260 e. The maximum Gasteiger partial charge on any atom is 0.131 e. The van der Waals surface area contributed by atoms with Gasteiger partial charge in [-0.3, -0.25) is 9.97 Å². The predicted molar refractivity (Wildman–Crippen MR) is 50.0 cm³/mol. The molecule has 0 fully saturated rings. The fourth-order valence-electron chi connectivity index (χ4n) is 0.855. The van der Waals surface area contributed by atoms with Crippen molar-refractivity contribution in [3.05, 3.63) is 48.6 Å². The third-order valence-electron chi connectivity index (χ3n) is 1.44. The molecule has 0 N–H and O–H groups in total. The van der Waals surface area contributed by atoms with Gasteiger partial charge in [-0.15, -0.1) is 0 Å². The Morgan fingerprint density at radius 2 is 1.21 bits per heavy atom. The fourth-order valence-corrected chi connectivity index (χ4v) is 0.855. The normalized spacial score (nSPS) is 8.86. The largest absolute Gasteiger partial charge is 0.260 e. The predicted octanol–water partition coefficient (Wildman–Crippen LogP) is 0.666. The van der Waals surface area contributed by atoms with Crippen LogP contribution < -0.4 is 0 Å². The third-order valence-corrected chi connectivity index (χ3v) is 1.44. The van der Waals surface area contributed by atoms with Gasteiger partial charge in [-0.2, -0.15) is 0 Å². The van der Waals surface area contributed by atoms with Crippen LogP contribution in [-0.2, 0) is 0 Å². The Hall–Kier alpha value is -2.28. The summed E-state index contributed by atoms with van der Waals surface area (Å²) in [5.41, 5.74) is 1.25. The second kappa shape index (κ2) is 4.10. The number of hydrogen-bond donors (Lipinski definition) is 0. The molecule has 2 aromatic rings. The summed E-state index contributed by atoms with van der Waals surface area (Å²) in [6, 6.07) is 0. The summed E-state index contributed by atoms with van der Waals surface area (Å²) < 4.78 is 0. The number of nitrogens with zero attached hydrogens (tertiary/aromatic N) is 4. The van der Waals surface area contributed by atoms with Crippen molar-refractivity contribution < 1.29 is 0 Å². The monoisotopic (exact) mass is 182 g/mol. The average Bonchev–Trinajstić information content (AvgIpc) is 2.29. The van der Waals surface area contributed by atoms with Gasteiger partial charge in [0.15, 0.2) is 0 Å². The summed E-state index contributed by atoms with van der Waals surface area (Å²) >= 11 is 0. The van der Waals surface area contributed by atoms with Crippen LogP contribution >= 0.6 is 0 Å². The Morgan fingerprint density at radius 1 is 0.714 bits per heavy atom.